The number of nitrogens with zero attached hydrogens (tertiary/aromatic N) is 4. The Morgan fingerprint density at radius 3 is 2.21 bits per heavy atom. The van der Waals surface area contributed by atoms with Crippen molar-refractivity contribution in [3.05, 3.63) is 94.2 Å². The van der Waals surface area contributed by atoms with Crippen molar-refractivity contribution in [3.63, 3.8) is 0 Å². The Hall–Kier alpha value is -3.85. The van der Waals surface area contributed by atoms with E-state index < -0.39 is 11.3 Å². The third-order valence-corrected chi connectivity index (χ3v) is 7.12. The number of nitrogens with two attached hydrogens (primary N) is 1. The van der Waals surface area contributed by atoms with Crippen LogP contribution in [0.2, 0.25) is 0 Å². The summed E-state index contributed by atoms with van der Waals surface area (Å²) in [5, 5.41) is 30.6. The fourth-order valence-electron chi connectivity index (χ4n) is 5.28. The fourth-order valence-corrected chi connectivity index (χ4v) is 5.28. The van der Waals surface area contributed by atoms with Crippen LogP contribution in [0.25, 0.3) is 0 Å². The molecule has 1 aliphatic heterocycles. The van der Waals surface area contributed by atoms with Crippen molar-refractivity contribution in [2.24, 2.45) is 17.1 Å². The molecule has 4 rings (SSSR count). The Bertz CT molecular complexity index is 1240. The number of rotatable bonds is 3. The Morgan fingerprint density at radius 1 is 1.00 bits per heavy atom. The molecule has 2 aliphatic rings. The van der Waals surface area contributed by atoms with Crippen molar-refractivity contribution < 1.29 is 0 Å². The van der Waals surface area contributed by atoms with Crippen molar-refractivity contribution >= 4 is 0 Å². The molecule has 0 radical (unpaired) electrons. The molecule has 0 aromatic heterocycles. The largest absolute Gasteiger partial charge is 0.399 e. The van der Waals surface area contributed by atoms with Crippen LogP contribution in [0, 0.1) is 45.3 Å². The summed E-state index contributed by atoms with van der Waals surface area (Å²) in [5.41, 5.74) is 9.31. The molecule has 0 amide bonds. The molecule has 0 fully saturated rings. The van der Waals surface area contributed by atoms with Crippen molar-refractivity contribution in [3.8, 4) is 18.2 Å². The lowest BCUT2D eigenvalue weighted by Gasteiger charge is -2.45. The summed E-state index contributed by atoms with van der Waals surface area (Å²) >= 11 is 0. The molecule has 0 bridgehead atoms. The van der Waals surface area contributed by atoms with E-state index in [2.05, 4.69) is 74.2 Å². The Morgan fingerprint density at radius 2 is 1.65 bits per heavy atom. The van der Waals surface area contributed by atoms with Gasteiger partial charge in [-0.3, -0.25) is 4.90 Å². The zero-order chi connectivity index (χ0) is 24.5. The fraction of sp³-hybridized carbons (Fsp3) is 0.345. The maximum atomic E-state index is 10.3. The smallest absolute Gasteiger partial charge is 0.191 e. The average Bonchev–Trinajstić information content (AvgIpc) is 2.84. The van der Waals surface area contributed by atoms with Crippen LogP contribution in [0.15, 0.2) is 77.5 Å². The quantitative estimate of drug-likeness (QED) is 0.720. The van der Waals surface area contributed by atoms with Crippen LogP contribution in [0.1, 0.15) is 43.4 Å². The first kappa shape index (κ1) is 23.3. The van der Waals surface area contributed by atoms with Gasteiger partial charge in [-0.1, -0.05) is 81.4 Å². The van der Waals surface area contributed by atoms with E-state index in [1.54, 1.807) is 0 Å². The van der Waals surface area contributed by atoms with Crippen LogP contribution >= 0.6 is 0 Å². The number of fused-ring (bicyclic) bond motifs is 1. The van der Waals surface area contributed by atoms with Gasteiger partial charge in [-0.25, -0.2) is 0 Å². The summed E-state index contributed by atoms with van der Waals surface area (Å²) in [7, 11) is 0. The van der Waals surface area contributed by atoms with Gasteiger partial charge in [-0.2, -0.15) is 15.8 Å². The number of benzene rings is 2. The molecule has 1 aliphatic carbocycles. The molecule has 0 spiro atoms. The zero-order valence-electron chi connectivity index (χ0n) is 19.9. The van der Waals surface area contributed by atoms with E-state index in [9.17, 15) is 15.8 Å². The molecule has 2 N–H and O–H groups in total. The van der Waals surface area contributed by atoms with E-state index in [0.717, 1.165) is 17.7 Å². The van der Waals surface area contributed by atoms with Gasteiger partial charge in [0.15, 0.2) is 5.41 Å². The highest BCUT2D eigenvalue weighted by atomic mass is 15.1. The summed E-state index contributed by atoms with van der Waals surface area (Å²) in [6.07, 6.45) is 2.05. The lowest BCUT2D eigenvalue weighted by atomic mass is 9.58. The van der Waals surface area contributed by atoms with Gasteiger partial charge in [0.2, 0.25) is 0 Å². The molecule has 170 valence electrons. The van der Waals surface area contributed by atoms with E-state index in [0.29, 0.717) is 13.1 Å². The highest BCUT2D eigenvalue weighted by molar-refractivity contribution is 5.59. The van der Waals surface area contributed by atoms with Gasteiger partial charge in [-0.05, 0) is 27.7 Å². The standard InChI is InChI=1S/C29H29N5/c1-28(2,3)22-11-9-21(10-12-22)26-25-17-34(16-20-7-5-4-6-8-20)14-13-23(25)24(15-30)27(33)29(26,18-31)19-32/h4-13,25-26H,14,16-17,33H2,1-3H3/t25-,26+/m0/s1. The van der Waals surface area contributed by atoms with Crippen molar-refractivity contribution in [1.29, 1.82) is 15.8 Å². The highest BCUT2D eigenvalue weighted by Gasteiger charge is 2.54. The monoisotopic (exact) mass is 447 g/mol. The maximum absolute atomic E-state index is 10.3. The molecule has 5 heteroatoms. The molecule has 5 nitrogen and oxygen atoms in total. The molecule has 1 heterocycles. The second kappa shape index (κ2) is 8.83. The lowest BCUT2D eigenvalue weighted by Crippen LogP contribution is -2.47. The minimum Gasteiger partial charge on any atom is -0.399 e. The first-order valence-electron chi connectivity index (χ1n) is 11.5. The van der Waals surface area contributed by atoms with Crippen LogP contribution < -0.4 is 5.73 Å². The third kappa shape index (κ3) is 3.88. The second-order valence-corrected chi connectivity index (χ2v) is 10.2. The topological polar surface area (TPSA) is 101 Å². The van der Waals surface area contributed by atoms with Crippen LogP contribution in [0.4, 0.5) is 0 Å². The first-order chi connectivity index (χ1) is 16.2. The highest BCUT2D eigenvalue weighted by Crippen LogP contribution is 2.54. The molecular weight excluding hydrogens is 418 g/mol. The first-order valence-corrected chi connectivity index (χ1v) is 11.5. The maximum Gasteiger partial charge on any atom is 0.191 e. The van der Waals surface area contributed by atoms with E-state index in [1.165, 1.54) is 11.1 Å². The minimum atomic E-state index is -1.61. The Kier molecular flexibility index (Phi) is 6.05. The van der Waals surface area contributed by atoms with Gasteiger partial charge in [0.1, 0.15) is 6.07 Å². The van der Waals surface area contributed by atoms with Crippen LogP contribution in [0.3, 0.4) is 0 Å². The Balaban J connectivity index is 1.83. The molecule has 0 unspecified atom stereocenters. The third-order valence-electron chi connectivity index (χ3n) is 7.12. The van der Waals surface area contributed by atoms with Gasteiger partial charge >= 0.3 is 0 Å². The van der Waals surface area contributed by atoms with Gasteiger partial charge < -0.3 is 5.73 Å². The van der Waals surface area contributed by atoms with Gasteiger partial charge in [-0.15, -0.1) is 0 Å². The number of allylic oxidation sites excluding steroid dienone is 2. The number of hydrogen-bond donors (Lipinski definition) is 1. The summed E-state index contributed by atoms with van der Waals surface area (Å²) < 4.78 is 0. The summed E-state index contributed by atoms with van der Waals surface area (Å²) in [5.74, 6) is -0.669. The van der Waals surface area contributed by atoms with E-state index in [-0.39, 0.29) is 22.6 Å². The second-order valence-electron chi connectivity index (χ2n) is 10.2. The van der Waals surface area contributed by atoms with E-state index in [1.807, 2.05) is 30.3 Å². The van der Waals surface area contributed by atoms with Crippen LogP contribution in [-0.4, -0.2) is 18.0 Å². The van der Waals surface area contributed by atoms with Crippen LogP contribution in [-0.2, 0) is 12.0 Å². The van der Waals surface area contributed by atoms with Gasteiger partial charge in [0.25, 0.3) is 0 Å². The van der Waals surface area contributed by atoms with E-state index in [4.69, 9.17) is 5.73 Å². The van der Waals surface area contributed by atoms with Crippen molar-refractivity contribution in [1.82, 2.24) is 4.90 Å². The van der Waals surface area contributed by atoms with Crippen molar-refractivity contribution in [2.45, 2.75) is 38.6 Å². The summed E-state index contributed by atoms with van der Waals surface area (Å²) in [6, 6.07) is 25.1. The predicted molar refractivity (Wildman–Crippen MR) is 132 cm³/mol. The normalized spacial score (nSPS) is 22.1. The van der Waals surface area contributed by atoms with Gasteiger partial charge in [0.05, 0.1) is 23.4 Å². The van der Waals surface area contributed by atoms with Crippen LogP contribution in [0.5, 0.6) is 0 Å². The molecule has 2 aromatic rings. The molecule has 34 heavy (non-hydrogen) atoms. The molecule has 0 saturated heterocycles. The number of hydrogen-bond acceptors (Lipinski definition) is 5. The Labute approximate surface area is 202 Å². The SMILES string of the molecule is CC(C)(C)c1ccc([C@@H]2[C@H]3CN(Cc4ccccc4)CC=C3C(C#N)=C(N)C2(C#N)C#N)cc1. The summed E-state index contributed by atoms with van der Waals surface area (Å²) in [4.78, 5) is 2.30. The van der Waals surface area contributed by atoms with Gasteiger partial charge in [0, 0.05) is 31.5 Å². The predicted octanol–water partition coefficient (Wildman–Crippen LogP) is 4.91. The average molecular weight is 448 g/mol. The minimum absolute atomic E-state index is 0.0120. The van der Waals surface area contributed by atoms with Crippen molar-refractivity contribution in [2.75, 3.05) is 13.1 Å². The summed E-state index contributed by atoms with van der Waals surface area (Å²) in [6.45, 7) is 8.53. The number of nitriles is 3. The molecular formula is C29H29N5. The molecule has 0 saturated carbocycles. The zero-order valence-corrected chi connectivity index (χ0v) is 19.9. The van der Waals surface area contributed by atoms with E-state index >= 15 is 0 Å². The lowest BCUT2D eigenvalue weighted by molar-refractivity contribution is 0.201. The molecule has 2 aromatic carbocycles. The molecule has 2 atom stereocenters.